The molecule has 1 aromatic carbocycles. The number of aryl methyl sites for hydroxylation is 2. The summed E-state index contributed by atoms with van der Waals surface area (Å²) in [5, 5.41) is 0. The largest absolute Gasteiger partial charge is 0.447 e. The van der Waals surface area contributed by atoms with Crippen molar-refractivity contribution < 1.29 is 14.3 Å². The minimum Gasteiger partial charge on any atom is -0.447 e. The van der Waals surface area contributed by atoms with E-state index >= 15 is 0 Å². The molecule has 0 unspecified atom stereocenters. The van der Waals surface area contributed by atoms with E-state index in [1.165, 1.54) is 5.56 Å². The Kier molecular flexibility index (Phi) is 5.61. The fourth-order valence-corrected chi connectivity index (χ4v) is 4.06. The molecule has 3 heterocycles. The van der Waals surface area contributed by atoms with Gasteiger partial charge >= 0.3 is 6.09 Å². The van der Waals surface area contributed by atoms with Crippen LogP contribution in [0.15, 0.2) is 36.5 Å². The summed E-state index contributed by atoms with van der Waals surface area (Å²) < 4.78 is 5.06. The molecular weight excluding hydrogens is 380 g/mol. The molecule has 2 amide bonds. The Bertz CT molecular complexity index is 936. The first-order valence-corrected chi connectivity index (χ1v) is 10.4. The Morgan fingerprint density at radius 2 is 1.83 bits per heavy atom. The van der Waals surface area contributed by atoms with E-state index < -0.39 is 0 Å². The maximum absolute atomic E-state index is 12.9. The van der Waals surface area contributed by atoms with E-state index in [1.54, 1.807) is 4.90 Å². The molecular formula is C23H28N4O3. The van der Waals surface area contributed by atoms with Crippen LogP contribution in [0.2, 0.25) is 0 Å². The average molecular weight is 409 g/mol. The molecule has 30 heavy (non-hydrogen) atoms. The van der Waals surface area contributed by atoms with Gasteiger partial charge in [0.25, 0.3) is 5.91 Å². The lowest BCUT2D eigenvalue weighted by Gasteiger charge is -2.36. The maximum Gasteiger partial charge on any atom is 0.410 e. The van der Waals surface area contributed by atoms with Crippen molar-refractivity contribution >= 4 is 17.8 Å². The number of nitrogens with zero attached hydrogens (tertiary/aromatic N) is 4. The molecule has 0 saturated carbocycles. The summed E-state index contributed by atoms with van der Waals surface area (Å²) in [5.74, 6) is 1.05. The van der Waals surface area contributed by atoms with E-state index in [0.29, 0.717) is 31.8 Å². The predicted molar refractivity (Wildman–Crippen MR) is 115 cm³/mol. The molecule has 1 aromatic heterocycles. The monoisotopic (exact) mass is 408 g/mol. The van der Waals surface area contributed by atoms with Gasteiger partial charge in [0.15, 0.2) is 0 Å². The van der Waals surface area contributed by atoms with Gasteiger partial charge in [0, 0.05) is 44.5 Å². The number of benzene rings is 1. The zero-order valence-electron chi connectivity index (χ0n) is 17.8. The Balaban J connectivity index is 1.35. The van der Waals surface area contributed by atoms with Crippen molar-refractivity contribution in [3.8, 4) is 0 Å². The van der Waals surface area contributed by atoms with E-state index in [-0.39, 0.29) is 18.0 Å². The van der Waals surface area contributed by atoms with Gasteiger partial charge in [-0.05, 0) is 49.6 Å². The second-order valence-corrected chi connectivity index (χ2v) is 8.18. The number of carbonyl (C=O) groups excluding carboxylic acids is 2. The number of pyridine rings is 1. The van der Waals surface area contributed by atoms with Crippen LogP contribution in [0.25, 0.3) is 0 Å². The highest BCUT2D eigenvalue weighted by Gasteiger charge is 2.29. The summed E-state index contributed by atoms with van der Waals surface area (Å²) >= 11 is 0. The highest BCUT2D eigenvalue weighted by atomic mass is 16.6. The number of amides is 2. The van der Waals surface area contributed by atoms with Crippen LogP contribution in [0.5, 0.6) is 0 Å². The number of aromatic nitrogens is 1. The van der Waals surface area contributed by atoms with Crippen LogP contribution < -0.4 is 4.90 Å². The molecule has 2 saturated heterocycles. The third-order valence-corrected chi connectivity index (χ3v) is 5.82. The Labute approximate surface area is 177 Å². The summed E-state index contributed by atoms with van der Waals surface area (Å²) in [5.41, 5.74) is 3.99. The molecule has 0 spiro atoms. The molecule has 7 nitrogen and oxygen atoms in total. The molecule has 1 atom stereocenters. The van der Waals surface area contributed by atoms with Crippen LogP contribution in [-0.4, -0.2) is 65.6 Å². The number of piperazine rings is 1. The molecule has 0 N–H and O–H groups in total. The summed E-state index contributed by atoms with van der Waals surface area (Å²) in [6.45, 7) is 9.91. The van der Waals surface area contributed by atoms with Crippen LogP contribution in [-0.2, 0) is 11.3 Å². The molecule has 4 rings (SSSR count). The molecule has 2 aromatic rings. The van der Waals surface area contributed by atoms with E-state index in [9.17, 15) is 9.59 Å². The highest BCUT2D eigenvalue weighted by Crippen LogP contribution is 2.21. The number of ether oxygens (including phenoxy) is 1. The number of cyclic esters (lactones) is 1. The van der Waals surface area contributed by atoms with Crippen molar-refractivity contribution in [2.24, 2.45) is 0 Å². The van der Waals surface area contributed by atoms with Crippen LogP contribution in [0.1, 0.15) is 34.0 Å². The quantitative estimate of drug-likeness (QED) is 0.778. The Morgan fingerprint density at radius 1 is 1.13 bits per heavy atom. The Morgan fingerprint density at radius 3 is 2.43 bits per heavy atom. The number of rotatable bonds is 4. The summed E-state index contributed by atoms with van der Waals surface area (Å²) in [6.07, 6.45) is 1.61. The number of hydrogen-bond acceptors (Lipinski definition) is 5. The topological polar surface area (TPSA) is 66.0 Å². The van der Waals surface area contributed by atoms with Gasteiger partial charge in [-0.1, -0.05) is 18.2 Å². The van der Waals surface area contributed by atoms with Crippen LogP contribution in [0.4, 0.5) is 10.6 Å². The van der Waals surface area contributed by atoms with Crippen LogP contribution >= 0.6 is 0 Å². The summed E-state index contributed by atoms with van der Waals surface area (Å²) in [6, 6.07) is 9.75. The second kappa shape index (κ2) is 8.34. The fourth-order valence-electron chi connectivity index (χ4n) is 4.06. The van der Waals surface area contributed by atoms with Gasteiger partial charge in [0.05, 0.1) is 6.04 Å². The van der Waals surface area contributed by atoms with Gasteiger partial charge in [-0.15, -0.1) is 0 Å². The van der Waals surface area contributed by atoms with Crippen LogP contribution in [0.3, 0.4) is 0 Å². The molecule has 7 heteroatoms. The fraction of sp³-hybridized carbons (Fsp3) is 0.435. The van der Waals surface area contributed by atoms with Gasteiger partial charge < -0.3 is 14.5 Å². The van der Waals surface area contributed by atoms with Crippen molar-refractivity contribution in [2.75, 3.05) is 37.7 Å². The van der Waals surface area contributed by atoms with Crippen molar-refractivity contribution in [1.82, 2.24) is 14.8 Å². The lowest BCUT2D eigenvalue weighted by atomic mass is 10.1. The lowest BCUT2D eigenvalue weighted by molar-refractivity contribution is 0.0746. The molecule has 2 aliphatic rings. The number of anilines is 1. The molecule has 2 aliphatic heterocycles. The minimum absolute atomic E-state index is 0.0451. The van der Waals surface area contributed by atoms with Crippen molar-refractivity contribution in [1.29, 1.82) is 0 Å². The average Bonchev–Trinajstić information content (AvgIpc) is 3.06. The summed E-state index contributed by atoms with van der Waals surface area (Å²) in [4.78, 5) is 35.1. The van der Waals surface area contributed by atoms with Crippen molar-refractivity contribution in [3.63, 3.8) is 0 Å². The first-order chi connectivity index (χ1) is 14.4. The van der Waals surface area contributed by atoms with Gasteiger partial charge in [-0.3, -0.25) is 9.69 Å². The molecule has 2 fully saturated rings. The van der Waals surface area contributed by atoms with Crippen molar-refractivity contribution in [3.05, 3.63) is 58.8 Å². The first-order valence-electron chi connectivity index (χ1n) is 10.4. The SMILES string of the molecule is Cc1cnc(N2CCN(C(=O)c3ccc(CN4C(=O)OC[C@H]4C)cc3)CC2)c(C)c1. The maximum atomic E-state index is 12.9. The minimum atomic E-state index is -0.279. The van der Waals surface area contributed by atoms with E-state index in [4.69, 9.17) is 4.74 Å². The first kappa shape index (κ1) is 20.2. The van der Waals surface area contributed by atoms with Crippen LogP contribution in [0, 0.1) is 13.8 Å². The van der Waals surface area contributed by atoms with E-state index in [2.05, 4.69) is 22.9 Å². The van der Waals surface area contributed by atoms with Gasteiger partial charge in [0.2, 0.25) is 0 Å². The third kappa shape index (κ3) is 4.10. The van der Waals surface area contributed by atoms with Gasteiger partial charge in [-0.25, -0.2) is 9.78 Å². The molecule has 0 radical (unpaired) electrons. The third-order valence-electron chi connectivity index (χ3n) is 5.82. The standard InChI is InChI=1S/C23H28N4O3/c1-16-12-17(2)21(24-13-16)25-8-10-26(11-9-25)22(28)20-6-4-19(5-7-20)14-27-18(3)15-30-23(27)29/h4-7,12-13,18H,8-11,14-15H2,1-3H3/t18-/m1/s1. The zero-order chi connectivity index (χ0) is 21.3. The molecule has 0 bridgehead atoms. The Hall–Kier alpha value is -3.09. The number of carbonyl (C=O) groups is 2. The summed E-state index contributed by atoms with van der Waals surface area (Å²) in [7, 11) is 0. The molecule has 158 valence electrons. The second-order valence-electron chi connectivity index (χ2n) is 8.18. The number of hydrogen-bond donors (Lipinski definition) is 0. The van der Waals surface area contributed by atoms with Crippen molar-refractivity contribution in [2.45, 2.75) is 33.4 Å². The van der Waals surface area contributed by atoms with Gasteiger partial charge in [-0.2, -0.15) is 0 Å². The van der Waals surface area contributed by atoms with E-state index in [0.717, 1.165) is 30.0 Å². The normalized spacial score (nSPS) is 19.2. The smallest absolute Gasteiger partial charge is 0.410 e. The van der Waals surface area contributed by atoms with E-state index in [1.807, 2.05) is 49.2 Å². The van der Waals surface area contributed by atoms with Gasteiger partial charge in [0.1, 0.15) is 12.4 Å². The predicted octanol–water partition coefficient (Wildman–Crippen LogP) is 3.00. The zero-order valence-corrected chi connectivity index (χ0v) is 17.8. The lowest BCUT2D eigenvalue weighted by Crippen LogP contribution is -2.49. The molecule has 0 aliphatic carbocycles. The highest BCUT2D eigenvalue weighted by molar-refractivity contribution is 5.94.